The van der Waals surface area contributed by atoms with Gasteiger partial charge < -0.3 is 15.2 Å². The van der Waals surface area contributed by atoms with Crippen LogP contribution in [0.25, 0.3) is 11.0 Å². The number of nitrogens with zero attached hydrogens (tertiary/aromatic N) is 4. The highest BCUT2D eigenvalue weighted by molar-refractivity contribution is 6.30. The zero-order chi connectivity index (χ0) is 18.3. The van der Waals surface area contributed by atoms with E-state index in [4.69, 9.17) is 17.3 Å². The van der Waals surface area contributed by atoms with Crippen molar-refractivity contribution in [1.82, 2.24) is 14.5 Å². The molecule has 0 spiro atoms. The number of halogens is 3. The maximum atomic E-state index is 13.8. The minimum absolute atomic E-state index is 0.0599. The number of hydrogen-bond acceptors (Lipinski definition) is 4. The highest BCUT2D eigenvalue weighted by atomic mass is 35.5. The molecule has 26 heavy (non-hydrogen) atoms. The number of benzene rings is 1. The van der Waals surface area contributed by atoms with Crippen LogP contribution in [0.5, 0.6) is 0 Å². The number of pyridine rings is 1. The van der Waals surface area contributed by atoms with Gasteiger partial charge in [-0.3, -0.25) is 4.98 Å². The lowest BCUT2D eigenvalue weighted by atomic mass is 10.0. The fraction of sp³-hybridized carbons (Fsp3) is 0.333. The zero-order valence-corrected chi connectivity index (χ0v) is 14.7. The molecule has 0 bridgehead atoms. The molecule has 4 rings (SSSR count). The van der Waals surface area contributed by atoms with Gasteiger partial charge in [-0.2, -0.15) is 0 Å². The van der Waals surface area contributed by atoms with Gasteiger partial charge in [-0.1, -0.05) is 23.7 Å². The summed E-state index contributed by atoms with van der Waals surface area (Å²) in [5.41, 5.74) is 8.24. The van der Waals surface area contributed by atoms with E-state index >= 15 is 0 Å². The van der Waals surface area contributed by atoms with Crippen LogP contribution in [0, 0.1) is 0 Å². The first kappa shape index (κ1) is 17.2. The van der Waals surface area contributed by atoms with Gasteiger partial charge in [0, 0.05) is 25.7 Å². The summed E-state index contributed by atoms with van der Waals surface area (Å²) < 4.78 is 29.5. The van der Waals surface area contributed by atoms with Crippen molar-refractivity contribution in [2.75, 3.05) is 18.0 Å². The number of anilines is 1. The summed E-state index contributed by atoms with van der Waals surface area (Å²) in [6.07, 6.45) is 1.31. The lowest BCUT2D eigenvalue weighted by molar-refractivity contribution is -0.0395. The molecule has 1 saturated heterocycles. The third kappa shape index (κ3) is 3.12. The summed E-state index contributed by atoms with van der Waals surface area (Å²) >= 11 is 5.91. The molecule has 0 unspecified atom stereocenters. The Morgan fingerprint density at radius 2 is 2.04 bits per heavy atom. The van der Waals surface area contributed by atoms with Crippen molar-refractivity contribution in [3.63, 3.8) is 0 Å². The van der Waals surface area contributed by atoms with Gasteiger partial charge in [0.1, 0.15) is 0 Å². The minimum Gasteiger partial charge on any atom is -0.340 e. The van der Waals surface area contributed by atoms with E-state index in [0.717, 1.165) is 16.7 Å². The van der Waals surface area contributed by atoms with Crippen LogP contribution in [0.2, 0.25) is 5.02 Å². The number of piperidine rings is 1. The number of alkyl halides is 2. The van der Waals surface area contributed by atoms with Crippen molar-refractivity contribution < 1.29 is 8.78 Å². The van der Waals surface area contributed by atoms with Crippen LogP contribution in [-0.2, 0) is 6.54 Å². The van der Waals surface area contributed by atoms with Gasteiger partial charge in [0.05, 0.1) is 34.3 Å². The summed E-state index contributed by atoms with van der Waals surface area (Å²) in [7, 11) is 0. The van der Waals surface area contributed by atoms with Crippen molar-refractivity contribution in [2.45, 2.75) is 24.9 Å². The Labute approximate surface area is 154 Å². The second-order valence-electron chi connectivity index (χ2n) is 6.52. The maximum absolute atomic E-state index is 13.8. The van der Waals surface area contributed by atoms with Crippen molar-refractivity contribution in [2.24, 2.45) is 5.73 Å². The van der Waals surface area contributed by atoms with Gasteiger partial charge in [0.15, 0.2) is 0 Å². The van der Waals surface area contributed by atoms with E-state index in [9.17, 15) is 8.78 Å². The molecule has 1 aliphatic heterocycles. The molecule has 0 saturated carbocycles. The Hall–Kier alpha value is -2.25. The Kier molecular flexibility index (Phi) is 4.28. The van der Waals surface area contributed by atoms with Gasteiger partial charge in [-0.25, -0.2) is 13.8 Å². The van der Waals surface area contributed by atoms with Crippen molar-refractivity contribution in [1.29, 1.82) is 0 Å². The Morgan fingerprint density at radius 1 is 1.23 bits per heavy atom. The summed E-state index contributed by atoms with van der Waals surface area (Å²) in [5, 5.41) is 0.564. The molecule has 0 amide bonds. The Bertz CT molecular complexity index is 925. The van der Waals surface area contributed by atoms with Crippen LogP contribution in [0.4, 0.5) is 14.7 Å². The fourth-order valence-electron chi connectivity index (χ4n) is 3.24. The summed E-state index contributed by atoms with van der Waals surface area (Å²) in [6, 6.07) is 10.1. The predicted molar refractivity (Wildman–Crippen MR) is 97.8 cm³/mol. The van der Waals surface area contributed by atoms with Crippen molar-refractivity contribution >= 4 is 28.6 Å². The number of nitrogens with two attached hydrogens (primary N) is 1. The molecule has 1 fully saturated rings. The molecule has 1 aromatic carbocycles. The van der Waals surface area contributed by atoms with E-state index < -0.39 is 12.0 Å². The third-order valence-corrected chi connectivity index (χ3v) is 4.92. The van der Waals surface area contributed by atoms with Gasteiger partial charge in [0.25, 0.3) is 5.92 Å². The fourth-order valence-corrected chi connectivity index (χ4v) is 3.35. The molecule has 2 N–H and O–H groups in total. The molecular formula is C18H18ClF2N5. The monoisotopic (exact) mass is 377 g/mol. The highest BCUT2D eigenvalue weighted by Gasteiger charge is 2.42. The van der Waals surface area contributed by atoms with Gasteiger partial charge in [-0.15, -0.1) is 0 Å². The number of fused-ring (bicyclic) bond motifs is 1. The Morgan fingerprint density at radius 3 is 2.77 bits per heavy atom. The number of hydrogen-bond donors (Lipinski definition) is 1. The normalized spacial score (nSPS) is 19.8. The molecule has 1 atom stereocenters. The number of para-hydroxylation sites is 2. The first-order valence-corrected chi connectivity index (χ1v) is 8.76. The SMILES string of the molecule is N[C@@H]1CN(c2nc3ccccc3n2Cc2ccc(Cl)cn2)CCC1(F)F. The third-order valence-electron chi connectivity index (χ3n) is 4.70. The molecule has 0 aliphatic carbocycles. The molecule has 3 heterocycles. The number of aromatic nitrogens is 3. The van der Waals surface area contributed by atoms with Crippen LogP contribution in [-0.4, -0.2) is 39.6 Å². The summed E-state index contributed by atoms with van der Waals surface area (Å²) in [5.74, 6) is -2.21. The molecule has 5 nitrogen and oxygen atoms in total. The smallest absolute Gasteiger partial charge is 0.266 e. The van der Waals surface area contributed by atoms with E-state index in [0.29, 0.717) is 17.5 Å². The van der Waals surface area contributed by atoms with Crippen molar-refractivity contribution in [3.8, 4) is 0 Å². The molecular weight excluding hydrogens is 360 g/mol. The second kappa shape index (κ2) is 6.48. The highest BCUT2D eigenvalue weighted by Crippen LogP contribution is 2.31. The largest absolute Gasteiger partial charge is 0.340 e. The first-order chi connectivity index (χ1) is 12.4. The maximum Gasteiger partial charge on any atom is 0.266 e. The minimum atomic E-state index is -2.84. The predicted octanol–water partition coefficient (Wildman–Crippen LogP) is 3.31. The van der Waals surface area contributed by atoms with Crippen LogP contribution < -0.4 is 10.6 Å². The average Bonchev–Trinajstić information content (AvgIpc) is 2.98. The van der Waals surface area contributed by atoms with Gasteiger partial charge in [0.2, 0.25) is 5.95 Å². The van der Waals surface area contributed by atoms with Crippen LogP contribution in [0.15, 0.2) is 42.6 Å². The topological polar surface area (TPSA) is 60.0 Å². The van der Waals surface area contributed by atoms with Crippen LogP contribution in [0.1, 0.15) is 12.1 Å². The lowest BCUT2D eigenvalue weighted by Gasteiger charge is -2.37. The van der Waals surface area contributed by atoms with Gasteiger partial charge in [-0.05, 0) is 24.3 Å². The number of imidazole rings is 1. The van der Waals surface area contributed by atoms with E-state index in [1.807, 2.05) is 39.8 Å². The first-order valence-electron chi connectivity index (χ1n) is 8.38. The average molecular weight is 378 g/mol. The molecule has 3 aromatic rings. The van der Waals surface area contributed by atoms with Crippen LogP contribution in [0.3, 0.4) is 0 Å². The Balaban J connectivity index is 1.73. The van der Waals surface area contributed by atoms with Crippen molar-refractivity contribution in [3.05, 3.63) is 53.3 Å². The molecule has 8 heteroatoms. The summed E-state index contributed by atoms with van der Waals surface area (Å²) in [6.45, 7) is 0.734. The van der Waals surface area contributed by atoms with Crippen LogP contribution >= 0.6 is 11.6 Å². The molecule has 1 aliphatic rings. The second-order valence-corrected chi connectivity index (χ2v) is 6.95. The van der Waals surface area contributed by atoms with E-state index in [2.05, 4.69) is 9.97 Å². The summed E-state index contributed by atoms with van der Waals surface area (Å²) in [4.78, 5) is 10.8. The van der Waals surface area contributed by atoms with Gasteiger partial charge >= 0.3 is 0 Å². The molecule has 2 aromatic heterocycles. The lowest BCUT2D eigenvalue weighted by Crippen LogP contribution is -2.55. The molecule has 136 valence electrons. The zero-order valence-electron chi connectivity index (χ0n) is 13.9. The number of rotatable bonds is 3. The van der Waals surface area contributed by atoms with E-state index in [1.165, 1.54) is 0 Å². The molecule has 0 radical (unpaired) electrons. The quantitative estimate of drug-likeness (QED) is 0.760. The van der Waals surface area contributed by atoms with E-state index in [1.54, 1.807) is 12.3 Å². The van der Waals surface area contributed by atoms with E-state index in [-0.39, 0.29) is 19.5 Å². The standard InChI is InChI=1S/C18H18ClF2N5/c19-12-5-6-13(23-9-12)10-26-15-4-2-1-3-14(15)24-17(26)25-8-7-18(20,21)16(22)11-25/h1-6,9,16H,7-8,10-11,22H2/t16-/m1/s1.